The van der Waals surface area contributed by atoms with Crippen molar-refractivity contribution in [2.75, 3.05) is 19.1 Å². The minimum atomic E-state index is -1.02. The van der Waals surface area contributed by atoms with Gasteiger partial charge in [-0.15, -0.1) is 5.10 Å². The molecular weight excluding hydrogens is 506 g/mol. The number of methoxy groups -OCH3 is 2. The van der Waals surface area contributed by atoms with Gasteiger partial charge in [-0.3, -0.25) is 14.5 Å². The minimum absolute atomic E-state index is 0.0569. The molecule has 1 aliphatic carbocycles. The Hall–Kier alpha value is -4.40. The Labute approximate surface area is 234 Å². The molecule has 9 nitrogen and oxygen atoms in total. The van der Waals surface area contributed by atoms with Crippen LogP contribution in [0.15, 0.2) is 60.7 Å². The number of rotatable bonds is 9. The fourth-order valence-corrected chi connectivity index (χ4v) is 5.53. The number of carbonyl (C=O) groups excluding carboxylic acids is 2. The van der Waals surface area contributed by atoms with Gasteiger partial charge in [0.05, 0.1) is 19.7 Å². The molecule has 1 saturated carbocycles. The van der Waals surface area contributed by atoms with E-state index in [1.54, 1.807) is 29.9 Å². The van der Waals surface area contributed by atoms with Crippen molar-refractivity contribution in [1.82, 2.24) is 20.3 Å². The number of fused-ring (bicyclic) bond motifs is 1. The molecule has 4 aromatic rings. The SMILES string of the molecule is COc1cccc([C@H](C(=O)NC2CCCC2)N(C(=O)Cn2nnc3ccccc32)c2cccc(C)c2C)c1OC. The third-order valence-electron chi connectivity index (χ3n) is 7.75. The summed E-state index contributed by atoms with van der Waals surface area (Å²) >= 11 is 0. The predicted octanol–water partition coefficient (Wildman–Crippen LogP) is 4.90. The normalized spacial score (nSPS) is 14.2. The highest BCUT2D eigenvalue weighted by Crippen LogP contribution is 2.40. The number of ether oxygens (including phenoxy) is 2. The maximum atomic E-state index is 14.4. The third-order valence-corrected chi connectivity index (χ3v) is 7.75. The number of carbonyl (C=O) groups is 2. The lowest BCUT2D eigenvalue weighted by Gasteiger charge is -2.34. The fourth-order valence-electron chi connectivity index (χ4n) is 5.53. The maximum absolute atomic E-state index is 14.4. The Bertz CT molecular complexity index is 1530. The van der Waals surface area contributed by atoms with E-state index < -0.39 is 6.04 Å². The molecule has 1 heterocycles. The van der Waals surface area contributed by atoms with Gasteiger partial charge in [0, 0.05) is 17.3 Å². The number of hydrogen-bond acceptors (Lipinski definition) is 6. The molecule has 0 bridgehead atoms. The van der Waals surface area contributed by atoms with E-state index in [9.17, 15) is 9.59 Å². The molecule has 5 rings (SSSR count). The van der Waals surface area contributed by atoms with Crippen LogP contribution in [0, 0.1) is 13.8 Å². The van der Waals surface area contributed by atoms with E-state index in [4.69, 9.17) is 9.47 Å². The lowest BCUT2D eigenvalue weighted by Crippen LogP contribution is -2.47. The van der Waals surface area contributed by atoms with Crippen molar-refractivity contribution >= 4 is 28.5 Å². The van der Waals surface area contributed by atoms with Crippen molar-refractivity contribution in [1.29, 1.82) is 0 Å². The summed E-state index contributed by atoms with van der Waals surface area (Å²) in [7, 11) is 3.09. The zero-order valence-electron chi connectivity index (χ0n) is 23.4. The molecule has 1 aliphatic rings. The van der Waals surface area contributed by atoms with Crippen LogP contribution in [0.5, 0.6) is 11.5 Å². The van der Waals surface area contributed by atoms with E-state index in [1.165, 1.54) is 0 Å². The second-order valence-corrected chi connectivity index (χ2v) is 10.2. The lowest BCUT2D eigenvalue weighted by atomic mass is 9.98. The average Bonchev–Trinajstić information content (AvgIpc) is 3.63. The summed E-state index contributed by atoms with van der Waals surface area (Å²) in [6, 6.07) is 17.7. The number of para-hydroxylation sites is 2. The van der Waals surface area contributed by atoms with Crippen molar-refractivity contribution < 1.29 is 19.1 Å². The topological polar surface area (TPSA) is 98.6 Å². The zero-order valence-corrected chi connectivity index (χ0v) is 23.4. The summed E-state index contributed by atoms with van der Waals surface area (Å²) in [6.45, 7) is 3.85. The molecule has 0 unspecified atom stereocenters. The minimum Gasteiger partial charge on any atom is -0.493 e. The lowest BCUT2D eigenvalue weighted by molar-refractivity contribution is -0.127. The standard InChI is InChI=1S/C31H35N5O4/c1-20-11-9-17-25(21(20)2)36(28(37)19-35-26-16-8-7-15-24(26)33-34-35)29(31(38)32-22-12-5-6-13-22)23-14-10-18-27(39-3)30(23)40-4/h7-11,14-18,22,29H,5-6,12-13,19H2,1-4H3,(H,32,38)/t29-/m1/s1. The van der Waals surface area contributed by atoms with Crippen molar-refractivity contribution in [2.45, 2.75) is 58.2 Å². The van der Waals surface area contributed by atoms with Gasteiger partial charge in [0.1, 0.15) is 18.1 Å². The molecule has 1 atom stereocenters. The zero-order chi connectivity index (χ0) is 28.2. The molecule has 0 saturated heterocycles. The number of aryl methyl sites for hydroxylation is 1. The number of nitrogens with zero attached hydrogens (tertiary/aromatic N) is 4. The van der Waals surface area contributed by atoms with Crippen LogP contribution in [-0.4, -0.2) is 47.1 Å². The summed E-state index contributed by atoms with van der Waals surface area (Å²) in [6.07, 6.45) is 3.96. The highest BCUT2D eigenvalue weighted by atomic mass is 16.5. The van der Waals surface area contributed by atoms with Crippen LogP contribution in [-0.2, 0) is 16.1 Å². The maximum Gasteiger partial charge on any atom is 0.249 e. The summed E-state index contributed by atoms with van der Waals surface area (Å²) in [5.41, 5.74) is 4.52. The Balaban J connectivity index is 1.67. The van der Waals surface area contributed by atoms with Gasteiger partial charge in [-0.1, -0.05) is 54.5 Å². The Morgan fingerprint density at radius 2 is 1.75 bits per heavy atom. The van der Waals surface area contributed by atoms with Crippen molar-refractivity contribution in [3.8, 4) is 11.5 Å². The first-order chi connectivity index (χ1) is 19.4. The van der Waals surface area contributed by atoms with E-state index in [0.717, 1.165) is 42.3 Å². The number of amides is 2. The molecule has 1 aromatic heterocycles. The van der Waals surface area contributed by atoms with Gasteiger partial charge in [-0.2, -0.15) is 0 Å². The van der Waals surface area contributed by atoms with E-state index in [2.05, 4.69) is 15.6 Å². The smallest absolute Gasteiger partial charge is 0.249 e. The van der Waals surface area contributed by atoms with Crippen molar-refractivity contribution in [3.05, 3.63) is 77.4 Å². The molecule has 40 heavy (non-hydrogen) atoms. The molecule has 9 heteroatoms. The number of anilines is 1. The van der Waals surface area contributed by atoms with E-state index >= 15 is 0 Å². The average molecular weight is 542 g/mol. The number of hydrogen-bond donors (Lipinski definition) is 1. The van der Waals surface area contributed by atoms with Crippen molar-refractivity contribution in [2.24, 2.45) is 0 Å². The monoisotopic (exact) mass is 541 g/mol. The highest BCUT2D eigenvalue weighted by Gasteiger charge is 2.38. The predicted molar refractivity (Wildman–Crippen MR) is 154 cm³/mol. The molecule has 3 aromatic carbocycles. The van der Waals surface area contributed by atoms with Crippen LogP contribution in [0.2, 0.25) is 0 Å². The Morgan fingerprint density at radius 1 is 1.00 bits per heavy atom. The van der Waals surface area contributed by atoms with Crippen LogP contribution < -0.4 is 19.7 Å². The molecule has 2 amide bonds. The second-order valence-electron chi connectivity index (χ2n) is 10.2. The molecule has 208 valence electrons. The number of benzene rings is 3. The van der Waals surface area contributed by atoms with Crippen LogP contribution in [0.25, 0.3) is 11.0 Å². The summed E-state index contributed by atoms with van der Waals surface area (Å²) < 4.78 is 12.9. The molecule has 0 aliphatic heterocycles. The van der Waals surface area contributed by atoms with Crippen LogP contribution in [0.4, 0.5) is 5.69 Å². The third kappa shape index (κ3) is 5.23. The molecular formula is C31H35N5O4. The van der Waals surface area contributed by atoms with Gasteiger partial charge in [0.25, 0.3) is 0 Å². The molecule has 0 radical (unpaired) electrons. The van der Waals surface area contributed by atoms with Crippen molar-refractivity contribution in [3.63, 3.8) is 0 Å². The number of aromatic nitrogens is 3. The van der Waals surface area contributed by atoms with E-state index in [-0.39, 0.29) is 24.4 Å². The Morgan fingerprint density at radius 3 is 2.50 bits per heavy atom. The van der Waals surface area contributed by atoms with E-state index in [1.807, 2.05) is 68.4 Å². The van der Waals surface area contributed by atoms with Gasteiger partial charge in [-0.25, -0.2) is 4.68 Å². The van der Waals surface area contributed by atoms with Crippen LogP contribution in [0.1, 0.15) is 48.4 Å². The highest BCUT2D eigenvalue weighted by molar-refractivity contribution is 6.02. The van der Waals surface area contributed by atoms with Gasteiger partial charge in [-0.05, 0) is 62.1 Å². The van der Waals surface area contributed by atoms with Crippen LogP contribution >= 0.6 is 0 Å². The van der Waals surface area contributed by atoms with E-state index in [0.29, 0.717) is 28.3 Å². The van der Waals surface area contributed by atoms with Gasteiger partial charge in [0.15, 0.2) is 11.5 Å². The molecule has 0 spiro atoms. The number of nitrogens with one attached hydrogen (secondary N) is 1. The first-order valence-electron chi connectivity index (χ1n) is 13.6. The fraction of sp³-hybridized carbons (Fsp3) is 0.355. The quantitative estimate of drug-likeness (QED) is 0.324. The van der Waals surface area contributed by atoms with Gasteiger partial charge in [0.2, 0.25) is 11.8 Å². The molecule has 1 N–H and O–H groups in total. The summed E-state index contributed by atoms with van der Waals surface area (Å²) in [5.74, 6) is 0.317. The molecule has 1 fully saturated rings. The first kappa shape index (κ1) is 27.2. The summed E-state index contributed by atoms with van der Waals surface area (Å²) in [5, 5.41) is 11.7. The second kappa shape index (κ2) is 11.8. The van der Waals surface area contributed by atoms with Crippen LogP contribution in [0.3, 0.4) is 0 Å². The van der Waals surface area contributed by atoms with Gasteiger partial charge >= 0.3 is 0 Å². The first-order valence-corrected chi connectivity index (χ1v) is 13.6. The largest absolute Gasteiger partial charge is 0.493 e. The summed E-state index contributed by atoms with van der Waals surface area (Å²) in [4.78, 5) is 30.3. The Kier molecular flexibility index (Phi) is 8.00. The van der Waals surface area contributed by atoms with Gasteiger partial charge < -0.3 is 14.8 Å².